The number of carboxylic acids is 1. The first-order valence-corrected chi connectivity index (χ1v) is 7.88. The Kier molecular flexibility index (Phi) is 3.95. The summed E-state index contributed by atoms with van der Waals surface area (Å²) in [6, 6.07) is 11.8. The van der Waals surface area contributed by atoms with Crippen LogP contribution in [0.15, 0.2) is 53.5 Å². The molecule has 0 aliphatic heterocycles. The molecular weight excluding hydrogens is 321 g/mol. The van der Waals surface area contributed by atoms with Crippen molar-refractivity contribution in [1.29, 1.82) is 0 Å². The lowest BCUT2D eigenvalue weighted by molar-refractivity contribution is 0.0694. The number of halogens is 1. The first-order valence-electron chi connectivity index (χ1n) is 7.88. The molecule has 3 aromatic rings. The van der Waals surface area contributed by atoms with Gasteiger partial charge in [-0.1, -0.05) is 30.3 Å². The first kappa shape index (κ1) is 16.9. The largest absolute Gasteiger partial charge is 0.477 e. The molecule has 0 saturated carbocycles. The number of fused-ring (bicyclic) bond motifs is 1. The second kappa shape index (κ2) is 5.84. The van der Waals surface area contributed by atoms with Crippen LogP contribution in [0.4, 0.5) is 4.39 Å². The highest BCUT2D eigenvalue weighted by atomic mass is 19.1. The summed E-state index contributed by atoms with van der Waals surface area (Å²) in [5.74, 6) is -1.88. The van der Waals surface area contributed by atoms with E-state index < -0.39 is 22.8 Å². The molecule has 1 N–H and O–H groups in total. The molecule has 0 aliphatic rings. The summed E-state index contributed by atoms with van der Waals surface area (Å²) in [4.78, 5) is 23.9. The topological polar surface area (TPSA) is 59.3 Å². The third kappa shape index (κ3) is 2.93. The van der Waals surface area contributed by atoms with E-state index in [4.69, 9.17) is 0 Å². The van der Waals surface area contributed by atoms with E-state index in [0.717, 1.165) is 6.07 Å². The van der Waals surface area contributed by atoms with Crippen molar-refractivity contribution in [1.82, 2.24) is 4.57 Å². The van der Waals surface area contributed by atoms with Crippen LogP contribution in [0.1, 0.15) is 31.1 Å². The van der Waals surface area contributed by atoms with Crippen LogP contribution in [0.5, 0.6) is 0 Å². The van der Waals surface area contributed by atoms with E-state index in [2.05, 4.69) is 0 Å². The van der Waals surface area contributed by atoms with E-state index >= 15 is 0 Å². The van der Waals surface area contributed by atoms with Crippen molar-refractivity contribution in [2.45, 2.75) is 26.3 Å². The van der Waals surface area contributed by atoms with Crippen LogP contribution in [0.3, 0.4) is 0 Å². The van der Waals surface area contributed by atoms with Crippen molar-refractivity contribution in [3.63, 3.8) is 0 Å². The van der Waals surface area contributed by atoms with Gasteiger partial charge in [0.15, 0.2) is 0 Å². The van der Waals surface area contributed by atoms with Gasteiger partial charge in [-0.15, -0.1) is 0 Å². The number of carbonyl (C=O) groups is 1. The highest BCUT2D eigenvalue weighted by Gasteiger charge is 2.22. The minimum absolute atomic E-state index is 0.0620. The summed E-state index contributed by atoms with van der Waals surface area (Å²) in [6.07, 6.45) is 1.33. The molecule has 1 aromatic heterocycles. The summed E-state index contributed by atoms with van der Waals surface area (Å²) >= 11 is 0. The molecule has 1 heterocycles. The SMILES string of the molecule is CC(C)(C)n1cc(C(=O)O)c(=O)c2cc(F)c(-c3ccccc3)cc21. The average molecular weight is 339 g/mol. The quantitative estimate of drug-likeness (QED) is 0.759. The molecule has 0 saturated heterocycles. The number of nitrogens with zero attached hydrogens (tertiary/aromatic N) is 1. The van der Waals surface area contributed by atoms with Gasteiger partial charge in [-0.2, -0.15) is 0 Å². The van der Waals surface area contributed by atoms with E-state index in [1.807, 2.05) is 39.0 Å². The minimum atomic E-state index is -1.32. The fourth-order valence-electron chi connectivity index (χ4n) is 2.89. The summed E-state index contributed by atoms with van der Waals surface area (Å²) in [5, 5.41) is 9.37. The molecule has 0 atom stereocenters. The van der Waals surface area contributed by atoms with Gasteiger partial charge in [0.1, 0.15) is 11.4 Å². The fourth-order valence-corrected chi connectivity index (χ4v) is 2.89. The van der Waals surface area contributed by atoms with E-state index in [1.54, 1.807) is 22.8 Å². The van der Waals surface area contributed by atoms with Gasteiger partial charge in [-0.25, -0.2) is 9.18 Å². The van der Waals surface area contributed by atoms with Gasteiger partial charge in [-0.05, 0) is 38.5 Å². The van der Waals surface area contributed by atoms with E-state index in [1.165, 1.54) is 6.20 Å². The van der Waals surface area contributed by atoms with Gasteiger partial charge < -0.3 is 9.67 Å². The Hall–Kier alpha value is -2.95. The van der Waals surface area contributed by atoms with Crippen molar-refractivity contribution < 1.29 is 14.3 Å². The summed E-state index contributed by atoms with van der Waals surface area (Å²) in [6.45, 7) is 5.69. The molecule has 0 bridgehead atoms. The van der Waals surface area contributed by atoms with Gasteiger partial charge in [0.25, 0.3) is 0 Å². The third-order valence-electron chi connectivity index (χ3n) is 4.13. The van der Waals surface area contributed by atoms with Crippen molar-refractivity contribution >= 4 is 16.9 Å². The Balaban J connectivity index is 2.45. The molecule has 3 rings (SSSR count). The maximum atomic E-state index is 14.7. The van der Waals surface area contributed by atoms with Gasteiger partial charge in [0.05, 0.1) is 5.52 Å². The maximum absolute atomic E-state index is 14.7. The summed E-state index contributed by atoms with van der Waals surface area (Å²) in [5.41, 5.74) is 0.0336. The molecular formula is C20H18FNO3. The lowest BCUT2D eigenvalue weighted by Crippen LogP contribution is -2.27. The number of aromatic nitrogens is 1. The molecule has 5 heteroatoms. The van der Waals surface area contributed by atoms with Gasteiger partial charge in [0.2, 0.25) is 5.43 Å². The predicted octanol–water partition coefficient (Wildman–Crippen LogP) is 4.26. The Morgan fingerprint density at radius 1 is 1.12 bits per heavy atom. The fraction of sp³-hybridized carbons (Fsp3) is 0.200. The van der Waals surface area contributed by atoms with Crippen LogP contribution in [0, 0.1) is 5.82 Å². The van der Waals surface area contributed by atoms with Crippen LogP contribution in [0.2, 0.25) is 0 Å². The Bertz CT molecular complexity index is 1030. The summed E-state index contributed by atoms with van der Waals surface area (Å²) < 4.78 is 16.4. The number of pyridine rings is 1. The minimum Gasteiger partial charge on any atom is -0.477 e. The lowest BCUT2D eigenvalue weighted by atomic mass is 9.99. The summed E-state index contributed by atoms with van der Waals surface area (Å²) in [7, 11) is 0. The van der Waals surface area contributed by atoms with Crippen LogP contribution < -0.4 is 5.43 Å². The Morgan fingerprint density at radius 2 is 1.76 bits per heavy atom. The monoisotopic (exact) mass is 339 g/mol. The number of hydrogen-bond donors (Lipinski definition) is 1. The van der Waals surface area contributed by atoms with Gasteiger partial charge >= 0.3 is 5.97 Å². The van der Waals surface area contributed by atoms with Crippen LogP contribution in [-0.2, 0) is 5.54 Å². The molecule has 2 aromatic carbocycles. The average Bonchev–Trinajstić information content (AvgIpc) is 2.54. The van der Waals surface area contributed by atoms with E-state index in [0.29, 0.717) is 16.6 Å². The highest BCUT2D eigenvalue weighted by Crippen LogP contribution is 2.29. The van der Waals surface area contributed by atoms with E-state index in [-0.39, 0.29) is 10.9 Å². The second-order valence-corrected chi connectivity index (χ2v) is 6.93. The molecule has 0 fully saturated rings. The zero-order valence-electron chi connectivity index (χ0n) is 14.2. The Labute approximate surface area is 144 Å². The number of hydrogen-bond acceptors (Lipinski definition) is 2. The van der Waals surface area contributed by atoms with Gasteiger partial charge in [0, 0.05) is 22.7 Å². The van der Waals surface area contributed by atoms with E-state index in [9.17, 15) is 19.1 Å². The van der Waals surface area contributed by atoms with Crippen LogP contribution >= 0.6 is 0 Å². The zero-order valence-corrected chi connectivity index (χ0v) is 14.2. The predicted molar refractivity (Wildman–Crippen MR) is 95.6 cm³/mol. The van der Waals surface area contributed by atoms with Crippen molar-refractivity contribution in [2.24, 2.45) is 0 Å². The second-order valence-electron chi connectivity index (χ2n) is 6.93. The van der Waals surface area contributed by atoms with Crippen molar-refractivity contribution in [2.75, 3.05) is 0 Å². The maximum Gasteiger partial charge on any atom is 0.341 e. The highest BCUT2D eigenvalue weighted by molar-refractivity contribution is 5.94. The zero-order chi connectivity index (χ0) is 18.4. The normalized spacial score (nSPS) is 11.7. The molecule has 0 amide bonds. The lowest BCUT2D eigenvalue weighted by Gasteiger charge is -2.26. The smallest absolute Gasteiger partial charge is 0.341 e. The van der Waals surface area contributed by atoms with Crippen molar-refractivity contribution in [3.05, 3.63) is 70.3 Å². The molecule has 0 aliphatic carbocycles. The molecule has 25 heavy (non-hydrogen) atoms. The first-order chi connectivity index (χ1) is 11.7. The number of aromatic carboxylic acids is 1. The number of rotatable bonds is 2. The molecule has 0 spiro atoms. The number of benzene rings is 2. The van der Waals surface area contributed by atoms with Crippen molar-refractivity contribution in [3.8, 4) is 11.1 Å². The van der Waals surface area contributed by atoms with Crippen LogP contribution in [-0.4, -0.2) is 15.6 Å². The molecule has 0 radical (unpaired) electrons. The number of carboxylic acid groups (broad SMARTS) is 1. The molecule has 0 unspecified atom stereocenters. The third-order valence-corrected chi connectivity index (χ3v) is 4.13. The molecule has 4 nitrogen and oxygen atoms in total. The Morgan fingerprint density at radius 3 is 2.32 bits per heavy atom. The van der Waals surface area contributed by atoms with Crippen LogP contribution in [0.25, 0.3) is 22.0 Å². The molecule has 128 valence electrons. The standard InChI is InChI=1S/C20H18FNO3/c1-20(2,3)22-11-15(19(24)25)18(23)14-9-16(21)13(10-17(14)22)12-7-5-4-6-8-12/h4-11H,1-3H3,(H,24,25). The van der Waals surface area contributed by atoms with Gasteiger partial charge in [-0.3, -0.25) is 4.79 Å².